The fourth-order valence-corrected chi connectivity index (χ4v) is 3.73. The highest BCUT2D eigenvalue weighted by Crippen LogP contribution is 2.38. The van der Waals surface area contributed by atoms with E-state index in [9.17, 15) is 8.42 Å². The molecule has 134 valence electrons. The predicted molar refractivity (Wildman–Crippen MR) is 101 cm³/mol. The van der Waals surface area contributed by atoms with Gasteiger partial charge < -0.3 is 5.32 Å². The van der Waals surface area contributed by atoms with Gasteiger partial charge >= 0.3 is 0 Å². The number of nitrogens with one attached hydrogen (secondary N) is 1. The van der Waals surface area contributed by atoms with Gasteiger partial charge in [-0.15, -0.1) is 24.8 Å². The first-order valence-corrected chi connectivity index (χ1v) is 9.33. The summed E-state index contributed by atoms with van der Waals surface area (Å²) in [5.41, 5.74) is 1.29. The molecule has 23 heavy (non-hydrogen) atoms. The van der Waals surface area contributed by atoms with E-state index in [1.54, 1.807) is 12.1 Å². The van der Waals surface area contributed by atoms with E-state index < -0.39 is 9.84 Å². The molecule has 1 N–H and O–H groups in total. The van der Waals surface area contributed by atoms with Gasteiger partial charge in [-0.2, -0.15) is 0 Å². The normalized spacial score (nSPS) is 17.7. The Bertz CT molecular complexity index is 577. The van der Waals surface area contributed by atoms with Crippen LogP contribution in [0.1, 0.15) is 32.4 Å². The second-order valence-electron chi connectivity index (χ2n) is 6.90. The summed E-state index contributed by atoms with van der Waals surface area (Å²) >= 11 is 0. The van der Waals surface area contributed by atoms with Crippen LogP contribution >= 0.6 is 24.8 Å². The molecule has 1 aromatic carbocycles. The van der Waals surface area contributed by atoms with Crippen LogP contribution in [0.25, 0.3) is 0 Å². The Morgan fingerprint density at radius 2 is 1.52 bits per heavy atom. The monoisotopic (exact) mass is 382 g/mol. The molecule has 0 spiro atoms. The topological polar surface area (TPSA) is 49.4 Å². The summed E-state index contributed by atoms with van der Waals surface area (Å²) < 4.78 is 23.2. The van der Waals surface area contributed by atoms with Gasteiger partial charge in [0.1, 0.15) is 0 Å². The van der Waals surface area contributed by atoms with E-state index >= 15 is 0 Å². The minimum absolute atomic E-state index is 0. The lowest BCUT2D eigenvalue weighted by Gasteiger charge is -2.42. The Morgan fingerprint density at radius 1 is 1.04 bits per heavy atom. The summed E-state index contributed by atoms with van der Waals surface area (Å²) in [7, 11) is -3.13. The molecular weight excluding hydrogens is 355 g/mol. The highest BCUT2D eigenvalue weighted by molar-refractivity contribution is 7.90. The summed E-state index contributed by atoms with van der Waals surface area (Å²) in [6.45, 7) is 10.8. The maximum Gasteiger partial charge on any atom is 0.175 e. The van der Waals surface area contributed by atoms with E-state index in [2.05, 4.69) is 31.0 Å². The Morgan fingerprint density at radius 3 is 1.91 bits per heavy atom. The number of nitrogens with zero attached hydrogens (tertiary/aromatic N) is 1. The van der Waals surface area contributed by atoms with Crippen molar-refractivity contribution in [2.24, 2.45) is 5.41 Å². The lowest BCUT2D eigenvalue weighted by Crippen LogP contribution is -2.48. The number of halogens is 2. The second kappa shape index (κ2) is 8.67. The third-order valence-electron chi connectivity index (χ3n) is 3.96. The first-order valence-electron chi connectivity index (χ1n) is 7.44. The van der Waals surface area contributed by atoms with Crippen LogP contribution in [0.15, 0.2) is 29.2 Å². The van der Waals surface area contributed by atoms with Crippen molar-refractivity contribution in [3.05, 3.63) is 29.8 Å². The third kappa shape index (κ3) is 5.91. The zero-order valence-corrected chi connectivity index (χ0v) is 16.7. The molecule has 1 saturated heterocycles. The van der Waals surface area contributed by atoms with Gasteiger partial charge in [-0.1, -0.05) is 32.9 Å². The lowest BCUT2D eigenvalue weighted by molar-refractivity contribution is 0.0862. The molecule has 1 aliphatic heterocycles. The molecular formula is C16H28Cl2N2O2S. The quantitative estimate of drug-likeness (QED) is 0.872. The molecule has 0 bridgehead atoms. The highest BCUT2D eigenvalue weighted by atomic mass is 35.5. The fraction of sp³-hybridized carbons (Fsp3) is 0.625. The fourth-order valence-electron chi connectivity index (χ4n) is 3.10. The van der Waals surface area contributed by atoms with Crippen LogP contribution in [0.5, 0.6) is 0 Å². The van der Waals surface area contributed by atoms with Gasteiger partial charge in [0, 0.05) is 38.5 Å². The van der Waals surface area contributed by atoms with E-state index in [4.69, 9.17) is 0 Å². The van der Waals surface area contributed by atoms with Gasteiger partial charge in [0.05, 0.1) is 4.90 Å². The summed E-state index contributed by atoms with van der Waals surface area (Å²) in [6, 6.07) is 7.69. The van der Waals surface area contributed by atoms with Gasteiger partial charge in [-0.25, -0.2) is 8.42 Å². The van der Waals surface area contributed by atoms with Crippen LogP contribution in [-0.4, -0.2) is 45.8 Å². The molecule has 1 atom stereocenters. The highest BCUT2D eigenvalue weighted by Gasteiger charge is 2.32. The number of hydrogen-bond acceptors (Lipinski definition) is 4. The van der Waals surface area contributed by atoms with Gasteiger partial charge in [-0.3, -0.25) is 4.90 Å². The van der Waals surface area contributed by atoms with E-state index in [1.165, 1.54) is 11.8 Å². The Kier molecular flexibility index (Phi) is 8.55. The zero-order valence-electron chi connectivity index (χ0n) is 14.2. The Balaban J connectivity index is 0.00000242. The molecule has 7 heteroatoms. The second-order valence-corrected chi connectivity index (χ2v) is 8.91. The number of hydrogen-bond donors (Lipinski definition) is 1. The van der Waals surface area contributed by atoms with Crippen molar-refractivity contribution in [2.75, 3.05) is 32.4 Å². The summed E-state index contributed by atoms with van der Waals surface area (Å²) in [4.78, 5) is 2.88. The summed E-state index contributed by atoms with van der Waals surface area (Å²) in [5.74, 6) is 0. The van der Waals surface area contributed by atoms with Crippen molar-refractivity contribution in [3.8, 4) is 0 Å². The van der Waals surface area contributed by atoms with E-state index in [0.29, 0.717) is 10.9 Å². The molecule has 1 fully saturated rings. The molecule has 0 amide bonds. The van der Waals surface area contributed by atoms with Gasteiger partial charge in [0.25, 0.3) is 0 Å². The largest absolute Gasteiger partial charge is 0.314 e. The van der Waals surface area contributed by atoms with Crippen LogP contribution in [0, 0.1) is 5.41 Å². The molecule has 0 saturated carbocycles. The standard InChI is InChI=1S/C16H26N2O2S.2ClH/c1-16(2,3)15(18-11-9-17-10-12-18)13-5-7-14(8-6-13)21(4,19)20;;/h5-8,15,17H,9-12H2,1-4H3;2*1H/t15-;;/m0../s1. The van der Waals surface area contributed by atoms with Gasteiger partial charge in [-0.05, 0) is 23.1 Å². The average molecular weight is 383 g/mol. The van der Waals surface area contributed by atoms with E-state index in [-0.39, 0.29) is 30.2 Å². The third-order valence-corrected chi connectivity index (χ3v) is 5.09. The van der Waals surface area contributed by atoms with Crippen molar-refractivity contribution in [1.82, 2.24) is 10.2 Å². The van der Waals surface area contributed by atoms with E-state index in [0.717, 1.165) is 26.2 Å². The predicted octanol–water partition coefficient (Wildman–Crippen LogP) is 2.93. The number of piperazine rings is 1. The molecule has 0 radical (unpaired) electrons. The number of sulfone groups is 1. The van der Waals surface area contributed by atoms with Crippen molar-refractivity contribution >= 4 is 34.7 Å². The molecule has 1 heterocycles. The minimum atomic E-state index is -3.13. The van der Waals surface area contributed by atoms with Crippen LogP contribution in [-0.2, 0) is 9.84 Å². The SMILES string of the molecule is CC(C)(C)[C@H](c1ccc(S(C)(=O)=O)cc1)N1CCNCC1.Cl.Cl. The van der Waals surface area contributed by atoms with Crippen LogP contribution in [0.3, 0.4) is 0 Å². The first-order chi connectivity index (χ1) is 9.69. The molecule has 0 aliphatic carbocycles. The molecule has 1 aromatic rings. The molecule has 0 aromatic heterocycles. The molecule has 0 unspecified atom stereocenters. The van der Waals surface area contributed by atoms with Crippen LogP contribution < -0.4 is 5.32 Å². The van der Waals surface area contributed by atoms with Crippen LogP contribution in [0.4, 0.5) is 0 Å². The first kappa shape index (κ1) is 22.7. The van der Waals surface area contributed by atoms with Crippen molar-refractivity contribution < 1.29 is 8.42 Å². The van der Waals surface area contributed by atoms with Crippen molar-refractivity contribution in [3.63, 3.8) is 0 Å². The Labute approximate surface area is 152 Å². The Hall–Kier alpha value is -0.330. The molecule has 2 rings (SSSR count). The number of benzene rings is 1. The summed E-state index contributed by atoms with van der Waals surface area (Å²) in [6.07, 6.45) is 1.25. The minimum Gasteiger partial charge on any atom is -0.314 e. The smallest absolute Gasteiger partial charge is 0.175 e. The molecule has 4 nitrogen and oxygen atoms in total. The van der Waals surface area contributed by atoms with Crippen molar-refractivity contribution in [2.45, 2.75) is 31.7 Å². The van der Waals surface area contributed by atoms with E-state index in [1.807, 2.05) is 12.1 Å². The maximum atomic E-state index is 11.6. The van der Waals surface area contributed by atoms with Gasteiger partial charge in [0.15, 0.2) is 9.84 Å². The zero-order chi connectivity index (χ0) is 15.7. The average Bonchev–Trinajstić information content (AvgIpc) is 2.38. The van der Waals surface area contributed by atoms with Gasteiger partial charge in [0.2, 0.25) is 0 Å². The lowest BCUT2D eigenvalue weighted by atomic mass is 9.81. The number of rotatable bonds is 3. The summed E-state index contributed by atoms with van der Waals surface area (Å²) in [5, 5.41) is 3.38. The van der Waals surface area contributed by atoms with Crippen LogP contribution in [0.2, 0.25) is 0 Å². The maximum absolute atomic E-state index is 11.6. The van der Waals surface area contributed by atoms with Crippen molar-refractivity contribution in [1.29, 1.82) is 0 Å². The molecule has 1 aliphatic rings.